The fourth-order valence-corrected chi connectivity index (χ4v) is 4.24. The van der Waals surface area contributed by atoms with Gasteiger partial charge in [0, 0.05) is 29.9 Å². The van der Waals surface area contributed by atoms with Crippen molar-refractivity contribution in [1.29, 1.82) is 5.26 Å². The summed E-state index contributed by atoms with van der Waals surface area (Å²) in [5, 5.41) is 9.80. The van der Waals surface area contributed by atoms with Gasteiger partial charge in [-0.25, -0.2) is 4.79 Å². The minimum absolute atomic E-state index is 0.283. The van der Waals surface area contributed by atoms with E-state index in [-0.39, 0.29) is 5.78 Å². The van der Waals surface area contributed by atoms with Crippen molar-refractivity contribution in [2.45, 2.75) is 19.8 Å². The number of nitrogens with zero attached hydrogens (tertiary/aromatic N) is 2. The number of nitriles is 1. The lowest BCUT2D eigenvalue weighted by Crippen LogP contribution is -2.14. The normalized spacial score (nSPS) is 11.7. The van der Waals surface area contributed by atoms with E-state index in [0.29, 0.717) is 57.8 Å². The zero-order chi connectivity index (χ0) is 27.9. The van der Waals surface area contributed by atoms with E-state index in [1.165, 1.54) is 13.3 Å². The molecule has 0 unspecified atom stereocenters. The number of rotatable bonds is 9. The molecule has 1 aromatic heterocycles. The number of esters is 1. The molecule has 0 saturated heterocycles. The van der Waals surface area contributed by atoms with E-state index < -0.39 is 5.97 Å². The van der Waals surface area contributed by atoms with Gasteiger partial charge in [-0.1, -0.05) is 12.1 Å². The van der Waals surface area contributed by atoms with Crippen LogP contribution < -0.4 is 10.5 Å². The molecule has 0 amide bonds. The smallest absolute Gasteiger partial charge is 0.337 e. The summed E-state index contributed by atoms with van der Waals surface area (Å²) in [5.41, 5.74) is 11.2. The lowest BCUT2D eigenvalue weighted by Gasteiger charge is -2.11. The van der Waals surface area contributed by atoms with Gasteiger partial charge in [0.15, 0.2) is 0 Å². The SMILES string of the molecule is CN=C/C(C(=O)c1cc2cc(C(=O)OC)ccc2[nH]1)=C(/N)CCc1ccc(Oc2cccc(C#N)c2)cc1C. The van der Waals surface area contributed by atoms with Gasteiger partial charge in [-0.3, -0.25) is 9.79 Å². The predicted octanol–water partition coefficient (Wildman–Crippen LogP) is 5.66. The van der Waals surface area contributed by atoms with E-state index >= 15 is 0 Å². The number of methoxy groups -OCH3 is 1. The molecule has 0 atom stereocenters. The Kier molecular flexibility index (Phi) is 8.22. The number of Topliss-reactive ketones (excluding diaryl/α,β-unsaturated/α-hetero) is 1. The number of benzene rings is 3. The molecule has 0 fully saturated rings. The summed E-state index contributed by atoms with van der Waals surface area (Å²) in [6.45, 7) is 1.99. The zero-order valence-corrected chi connectivity index (χ0v) is 21.9. The summed E-state index contributed by atoms with van der Waals surface area (Å²) in [5.74, 6) is 0.526. The van der Waals surface area contributed by atoms with Crippen LogP contribution in [-0.4, -0.2) is 37.1 Å². The Hall–Kier alpha value is -5.16. The standard InChI is InChI=1S/C31H28N4O4/c1-19-13-25(39-24-6-4-5-20(14-24)17-32)10-7-21(19)8-11-27(33)26(18-34-2)30(36)29-16-23-15-22(31(37)38-3)9-12-28(23)35-29/h4-7,9-10,12-16,18,35H,8,11,33H2,1-3H3/b27-26-,34-18?. The highest BCUT2D eigenvalue weighted by molar-refractivity contribution is 6.22. The maximum atomic E-state index is 13.4. The number of nitrogens with one attached hydrogen (secondary N) is 1. The first-order valence-electron chi connectivity index (χ1n) is 12.3. The maximum absolute atomic E-state index is 13.4. The Morgan fingerprint density at radius 3 is 2.59 bits per heavy atom. The number of aliphatic imine (C=N–C) groups is 1. The summed E-state index contributed by atoms with van der Waals surface area (Å²) < 4.78 is 10.7. The number of ether oxygens (including phenoxy) is 2. The molecule has 196 valence electrons. The van der Waals surface area contributed by atoms with Gasteiger partial charge in [0.25, 0.3) is 0 Å². The molecule has 0 aliphatic rings. The molecule has 8 heteroatoms. The molecule has 8 nitrogen and oxygen atoms in total. The van der Waals surface area contributed by atoms with Crippen LogP contribution in [0.1, 0.15) is 44.0 Å². The number of allylic oxidation sites excluding steroid dienone is 2. The van der Waals surface area contributed by atoms with Crippen molar-refractivity contribution >= 4 is 28.9 Å². The van der Waals surface area contributed by atoms with Crippen molar-refractivity contribution in [3.63, 3.8) is 0 Å². The van der Waals surface area contributed by atoms with Crippen LogP contribution >= 0.6 is 0 Å². The van der Waals surface area contributed by atoms with E-state index in [9.17, 15) is 9.59 Å². The fraction of sp³-hybridized carbons (Fsp3) is 0.161. The van der Waals surface area contributed by atoms with E-state index in [4.69, 9.17) is 20.5 Å². The highest BCUT2D eigenvalue weighted by atomic mass is 16.5. The van der Waals surface area contributed by atoms with Gasteiger partial charge in [-0.15, -0.1) is 0 Å². The Morgan fingerprint density at radius 1 is 1.08 bits per heavy atom. The monoisotopic (exact) mass is 520 g/mol. The molecular formula is C31H28N4O4. The number of hydrogen-bond acceptors (Lipinski definition) is 7. The van der Waals surface area contributed by atoms with E-state index in [1.807, 2.05) is 25.1 Å². The molecule has 0 aliphatic heterocycles. The van der Waals surface area contributed by atoms with Gasteiger partial charge in [0.2, 0.25) is 5.78 Å². The van der Waals surface area contributed by atoms with Crippen LogP contribution in [0.3, 0.4) is 0 Å². The predicted molar refractivity (Wildman–Crippen MR) is 150 cm³/mol. The van der Waals surface area contributed by atoms with Gasteiger partial charge in [-0.2, -0.15) is 5.26 Å². The third kappa shape index (κ3) is 6.22. The van der Waals surface area contributed by atoms with Crippen LogP contribution in [0.15, 0.2) is 83.0 Å². The van der Waals surface area contributed by atoms with Crippen molar-refractivity contribution in [3.8, 4) is 17.6 Å². The first-order valence-corrected chi connectivity index (χ1v) is 12.3. The summed E-state index contributed by atoms with van der Waals surface area (Å²) >= 11 is 0. The number of hydrogen-bond donors (Lipinski definition) is 2. The first kappa shape index (κ1) is 26.9. The number of aromatic nitrogens is 1. The molecule has 0 bridgehead atoms. The minimum atomic E-state index is -0.447. The maximum Gasteiger partial charge on any atom is 0.337 e. The summed E-state index contributed by atoms with van der Waals surface area (Å²) in [7, 11) is 2.91. The first-order chi connectivity index (χ1) is 18.8. The van der Waals surface area contributed by atoms with E-state index in [0.717, 1.165) is 16.6 Å². The molecule has 0 aliphatic carbocycles. The Labute approximate surface area is 226 Å². The zero-order valence-electron chi connectivity index (χ0n) is 21.9. The molecule has 3 N–H and O–H groups in total. The number of aryl methyl sites for hydroxylation is 2. The second kappa shape index (κ2) is 11.9. The Bertz CT molecular complexity index is 1660. The molecule has 4 rings (SSSR count). The number of fused-ring (bicyclic) bond motifs is 1. The van der Waals surface area contributed by atoms with Crippen LogP contribution in [0.4, 0.5) is 0 Å². The number of aromatic amines is 1. The average molecular weight is 521 g/mol. The third-order valence-electron chi connectivity index (χ3n) is 6.31. The van der Waals surface area contributed by atoms with E-state index in [2.05, 4.69) is 16.0 Å². The molecule has 3 aromatic carbocycles. The number of H-pyrrole nitrogens is 1. The quantitative estimate of drug-likeness (QED) is 0.127. The summed E-state index contributed by atoms with van der Waals surface area (Å²) in [6.07, 6.45) is 2.54. The topological polar surface area (TPSA) is 131 Å². The molecule has 1 heterocycles. The van der Waals surface area contributed by atoms with Gasteiger partial charge >= 0.3 is 5.97 Å². The highest BCUT2D eigenvalue weighted by Crippen LogP contribution is 2.26. The van der Waals surface area contributed by atoms with Crippen LogP contribution in [0, 0.1) is 18.3 Å². The second-order valence-corrected chi connectivity index (χ2v) is 8.96. The van der Waals surface area contributed by atoms with Gasteiger partial charge in [-0.05, 0) is 85.5 Å². The van der Waals surface area contributed by atoms with Crippen molar-refractivity contribution in [2.75, 3.05) is 14.2 Å². The second-order valence-electron chi connectivity index (χ2n) is 8.96. The van der Waals surface area contributed by atoms with Crippen LogP contribution in [0.25, 0.3) is 10.9 Å². The molecule has 4 aromatic rings. The molecule has 0 saturated carbocycles. The average Bonchev–Trinajstić information content (AvgIpc) is 3.38. The van der Waals surface area contributed by atoms with Crippen LogP contribution in [0.5, 0.6) is 11.5 Å². The molecular weight excluding hydrogens is 492 g/mol. The number of nitrogens with two attached hydrogens (primary N) is 1. The van der Waals surface area contributed by atoms with Crippen molar-refractivity contribution in [1.82, 2.24) is 4.98 Å². The molecule has 0 radical (unpaired) electrons. The largest absolute Gasteiger partial charge is 0.465 e. The van der Waals surface area contributed by atoms with Crippen molar-refractivity contribution in [2.24, 2.45) is 10.7 Å². The number of ketones is 1. The lowest BCUT2D eigenvalue weighted by atomic mass is 9.99. The van der Waals surface area contributed by atoms with E-state index in [1.54, 1.807) is 55.6 Å². The van der Waals surface area contributed by atoms with Gasteiger partial charge in [0.1, 0.15) is 11.5 Å². The Morgan fingerprint density at radius 2 is 1.87 bits per heavy atom. The molecule has 39 heavy (non-hydrogen) atoms. The van der Waals surface area contributed by atoms with Crippen LogP contribution in [-0.2, 0) is 11.2 Å². The number of carbonyl (C=O) groups is 2. The van der Waals surface area contributed by atoms with Crippen molar-refractivity contribution in [3.05, 3.63) is 106 Å². The third-order valence-corrected chi connectivity index (χ3v) is 6.31. The molecule has 0 spiro atoms. The van der Waals surface area contributed by atoms with Gasteiger partial charge < -0.3 is 20.2 Å². The van der Waals surface area contributed by atoms with Gasteiger partial charge in [0.05, 0.1) is 35.6 Å². The fourth-order valence-electron chi connectivity index (χ4n) is 4.24. The lowest BCUT2D eigenvalue weighted by molar-refractivity contribution is 0.0600. The minimum Gasteiger partial charge on any atom is -0.465 e. The summed E-state index contributed by atoms with van der Waals surface area (Å²) in [4.78, 5) is 32.4. The number of carbonyl (C=O) groups excluding carboxylic acids is 2. The van der Waals surface area contributed by atoms with Crippen molar-refractivity contribution < 1.29 is 19.1 Å². The Balaban J connectivity index is 1.51. The van der Waals surface area contributed by atoms with Crippen LogP contribution in [0.2, 0.25) is 0 Å². The summed E-state index contributed by atoms with van der Waals surface area (Å²) in [6, 6.07) is 21.6. The highest BCUT2D eigenvalue weighted by Gasteiger charge is 2.18.